The second kappa shape index (κ2) is 37.5. The van der Waals surface area contributed by atoms with Crippen LogP contribution in [0.2, 0.25) is 0 Å². The summed E-state index contributed by atoms with van der Waals surface area (Å²) >= 11 is 0. The molecule has 7 aliphatic rings. The number of hydrogen-bond acceptors (Lipinski definition) is 22. The van der Waals surface area contributed by atoms with E-state index in [2.05, 4.69) is 141 Å². The number of ether oxygens (including phenoxy) is 8. The summed E-state index contributed by atoms with van der Waals surface area (Å²) in [7, 11) is 0. The Balaban J connectivity index is 0.000000109. The van der Waals surface area contributed by atoms with Gasteiger partial charge in [-0.1, -0.05) is 27.7 Å². The van der Waals surface area contributed by atoms with Crippen LogP contribution in [0.3, 0.4) is 0 Å². The third kappa shape index (κ3) is 19.7. The zero-order valence-corrected chi connectivity index (χ0v) is 70.4. The lowest BCUT2D eigenvalue weighted by atomic mass is 9.89. The maximum absolute atomic E-state index is 12.0. The van der Waals surface area contributed by atoms with E-state index in [9.17, 15) is 13.2 Å². The van der Waals surface area contributed by atoms with Gasteiger partial charge < -0.3 is 37.9 Å². The van der Waals surface area contributed by atoms with Gasteiger partial charge in [0.15, 0.2) is 0 Å². The molecule has 6 aliphatic carbocycles. The van der Waals surface area contributed by atoms with Crippen LogP contribution in [-0.2, 0) is 4.74 Å². The summed E-state index contributed by atoms with van der Waals surface area (Å²) in [5.74, 6) is 9.70. The number of nitrogens with one attached hydrogen (secondary N) is 7. The molecule has 0 radical (unpaired) electrons. The molecule has 14 aromatic rings. The predicted molar refractivity (Wildman–Crippen MR) is 451 cm³/mol. The fourth-order valence-corrected chi connectivity index (χ4v) is 17.4. The van der Waals surface area contributed by atoms with Gasteiger partial charge in [-0.3, -0.25) is 35.7 Å². The fourth-order valence-electron chi connectivity index (χ4n) is 17.4. The Bertz CT molecular complexity index is 5540. The Kier molecular flexibility index (Phi) is 26.2. The molecular formula is C88H110F3N21O8. The molecule has 29 nitrogen and oxygen atoms in total. The van der Waals surface area contributed by atoms with Gasteiger partial charge in [0.2, 0.25) is 41.2 Å². The van der Waals surface area contributed by atoms with Crippen molar-refractivity contribution < 1.29 is 51.1 Å². The van der Waals surface area contributed by atoms with Crippen LogP contribution in [0.4, 0.5) is 13.2 Å². The summed E-state index contributed by atoms with van der Waals surface area (Å²) in [6, 6.07) is 13.1. The van der Waals surface area contributed by atoms with Crippen LogP contribution in [-0.4, -0.2) is 169 Å². The van der Waals surface area contributed by atoms with Crippen molar-refractivity contribution in [3.05, 3.63) is 126 Å². The van der Waals surface area contributed by atoms with Crippen LogP contribution in [0.25, 0.3) is 76.3 Å². The third-order valence-corrected chi connectivity index (χ3v) is 24.5. The van der Waals surface area contributed by atoms with Crippen molar-refractivity contribution in [2.24, 2.45) is 41.4 Å². The maximum Gasteiger partial charge on any atom is 0.392 e. The second-order valence-corrected chi connectivity index (χ2v) is 33.6. The van der Waals surface area contributed by atoms with E-state index in [0.717, 1.165) is 191 Å². The van der Waals surface area contributed by atoms with Crippen molar-refractivity contribution in [1.29, 1.82) is 0 Å². The number of rotatable bonds is 16. The molecule has 120 heavy (non-hydrogen) atoms. The molecule has 0 amide bonds. The molecule has 7 fully saturated rings. The van der Waals surface area contributed by atoms with Crippen molar-refractivity contribution in [3.63, 3.8) is 0 Å². The Hall–Kier alpha value is -11.3. The number of hydrogen-bond donors (Lipinski definition) is 7. The van der Waals surface area contributed by atoms with Gasteiger partial charge in [0, 0.05) is 89.7 Å². The first-order chi connectivity index (χ1) is 58.0. The number of nitrogens with zero attached hydrogens (tertiary/aromatic N) is 14. The molecule has 0 aromatic carbocycles. The molecule has 14 aromatic heterocycles. The Labute approximate surface area is 693 Å². The molecule has 10 atom stereocenters. The number of pyridine rings is 7. The first-order valence-corrected chi connectivity index (χ1v) is 42.4. The number of aromatic nitrogens is 21. The molecule has 4 bridgehead atoms. The summed E-state index contributed by atoms with van der Waals surface area (Å²) in [5, 5.41) is 56.6. The zero-order valence-electron chi connectivity index (χ0n) is 70.4. The molecule has 7 N–H and O–H groups in total. The minimum atomic E-state index is -4.22. The second-order valence-electron chi connectivity index (χ2n) is 33.6. The van der Waals surface area contributed by atoms with Gasteiger partial charge in [-0.05, 0) is 236 Å². The molecule has 32 heteroatoms. The number of aromatic amines is 7. The molecule has 1 aliphatic heterocycles. The van der Waals surface area contributed by atoms with Crippen molar-refractivity contribution in [2.75, 3.05) is 19.8 Å². The SMILES string of the molecule is Cc1[nH]nc2ccnc(OC3CCC(C)CC3)c12.Cc1[nH]nc2ccnc(OC3CCC[C@H]3C)c12.Cc1[nH]nc2ccnc(OCCC(F)(F)F)c12.Cc1[nH]nc2ccnc(O[C@@H](C)C(C)C)c12.Cc1[nH]nc2ccnc(O[C@@H]3CCOC3)c12.Cc1[nH]nc2ccnc(O[C@@H]3C[C@@H]4CC[C@H]3C4)c12.Cc1[nH]nc2ccnc(O[C@H]3C[C@@H]4CC[C@H]3C4)c12. The van der Waals surface area contributed by atoms with Crippen LogP contribution in [0.15, 0.2) is 85.8 Å². The van der Waals surface area contributed by atoms with Gasteiger partial charge in [-0.15, -0.1) is 0 Å². The quantitative estimate of drug-likeness (QED) is 0.0472. The molecule has 1 unspecified atom stereocenters. The average Bonchev–Trinajstić information content (AvgIpc) is 1.59. The number of aryl methyl sites for hydroxylation is 7. The van der Waals surface area contributed by atoms with E-state index in [1.54, 1.807) is 50.2 Å². The van der Waals surface area contributed by atoms with Crippen LogP contribution in [0, 0.1) is 89.9 Å². The third-order valence-electron chi connectivity index (χ3n) is 24.5. The van der Waals surface area contributed by atoms with Crippen molar-refractivity contribution in [3.8, 4) is 41.2 Å². The molecular weight excluding hydrogens is 1540 g/mol. The summed E-state index contributed by atoms with van der Waals surface area (Å²) in [5.41, 5.74) is 13.0. The highest BCUT2D eigenvalue weighted by molar-refractivity contribution is 5.90. The number of halogens is 3. The van der Waals surface area contributed by atoms with Gasteiger partial charge in [0.25, 0.3) is 0 Å². The highest BCUT2D eigenvalue weighted by Gasteiger charge is 2.43. The van der Waals surface area contributed by atoms with E-state index in [0.29, 0.717) is 65.5 Å². The highest BCUT2D eigenvalue weighted by Crippen LogP contribution is 2.48. The lowest BCUT2D eigenvalue weighted by molar-refractivity contribution is -0.139. The summed E-state index contributed by atoms with van der Waals surface area (Å²) in [4.78, 5) is 30.0. The van der Waals surface area contributed by atoms with Crippen LogP contribution < -0.4 is 33.2 Å². The van der Waals surface area contributed by atoms with Crippen LogP contribution in [0.5, 0.6) is 41.2 Å². The molecule has 636 valence electrons. The van der Waals surface area contributed by atoms with E-state index >= 15 is 0 Å². The zero-order chi connectivity index (χ0) is 83.7. The van der Waals surface area contributed by atoms with Gasteiger partial charge in [-0.2, -0.15) is 48.9 Å². The first kappa shape index (κ1) is 83.7. The van der Waals surface area contributed by atoms with Crippen LogP contribution >= 0.6 is 0 Å². The van der Waals surface area contributed by atoms with Gasteiger partial charge in [-0.25, -0.2) is 34.9 Å². The van der Waals surface area contributed by atoms with Gasteiger partial charge >= 0.3 is 6.18 Å². The van der Waals surface area contributed by atoms with E-state index in [1.165, 1.54) is 83.2 Å². The summed E-state index contributed by atoms with van der Waals surface area (Å²) in [6.07, 6.45) is 28.3. The van der Waals surface area contributed by atoms with E-state index in [-0.39, 0.29) is 18.1 Å². The van der Waals surface area contributed by atoms with Crippen LogP contribution in [0.1, 0.15) is 184 Å². The first-order valence-electron chi connectivity index (χ1n) is 42.4. The standard InChI is InChI=1S/2C14H17N3O.C14H19N3O.C13H17N3O.C12H17N3O.C11H13N3O2.C10H10F3N3O/c2*1-8-13-11(17-16-8)4-5-15-14(13)18-12-7-9-2-3-10(12)6-9;1-9-3-5-11(6-4-9)18-14-13-10(2)16-17-12(13)7-8-15-14;1-8-4-3-5-11(8)17-13-12-9(2)15-16-10(12)6-7-14-13;1-7(2)9(4)16-12-11-8(3)14-15-10(11)5-6-13-12;1-7-10-9(14-13-7)2-4-12-11(10)16-8-3-5-15-6-8;1-6-8-7(16-15-6)2-4-14-9(8)17-5-3-10(11,12)13/h2*4-5,9-10,12H,2-3,6-7H2,1H3,(H,16,17);7-9,11H,3-6H2,1-2H3,(H,16,17);6-8,11H,3-5H2,1-2H3,(H,15,16);5-7,9H,1-4H3,(H,14,15);2,4,8H,3,5-6H2,1H3,(H,13,14);2,4H,3,5H2,1H3,(H,15,16)/t9-,10+,12+;9-,10+,12-;;8-,11?;9-;8-;/m11.101./s1. The normalized spacial score (nSPS) is 22.4. The Morgan fingerprint density at radius 3 is 1.05 bits per heavy atom. The minimum absolute atomic E-state index is 0.118. The molecule has 0 spiro atoms. The number of alkyl halides is 3. The molecule has 6 saturated carbocycles. The number of fused-ring (bicyclic) bond motifs is 11. The van der Waals surface area contributed by atoms with E-state index in [1.807, 2.05) is 77.9 Å². The smallest absolute Gasteiger partial charge is 0.392 e. The molecule has 15 heterocycles. The summed E-state index contributed by atoms with van der Waals surface area (Å²) < 4.78 is 82.5. The van der Waals surface area contributed by atoms with E-state index < -0.39 is 19.2 Å². The Morgan fingerprint density at radius 2 is 0.725 bits per heavy atom. The number of H-pyrrole nitrogens is 7. The average molecular weight is 1650 g/mol. The highest BCUT2D eigenvalue weighted by atomic mass is 19.4. The summed E-state index contributed by atoms with van der Waals surface area (Å²) in [6.45, 7) is 25.6. The molecule has 1 saturated heterocycles. The van der Waals surface area contributed by atoms with Crippen molar-refractivity contribution in [2.45, 2.75) is 235 Å². The van der Waals surface area contributed by atoms with E-state index in [4.69, 9.17) is 37.9 Å². The molecule has 21 rings (SSSR count). The fraction of sp³-hybridized carbons (Fsp3) is 0.523. The lowest BCUT2D eigenvalue weighted by Gasteiger charge is -2.26. The largest absolute Gasteiger partial charge is 0.477 e. The maximum atomic E-state index is 12.0. The topological polar surface area (TPSA) is 365 Å². The van der Waals surface area contributed by atoms with Gasteiger partial charge in [0.1, 0.15) is 30.5 Å². The van der Waals surface area contributed by atoms with Gasteiger partial charge in [0.05, 0.1) is 109 Å². The van der Waals surface area contributed by atoms with Crippen molar-refractivity contribution in [1.82, 2.24) is 106 Å². The predicted octanol–water partition coefficient (Wildman–Crippen LogP) is 18.4. The minimum Gasteiger partial charge on any atom is -0.477 e. The monoisotopic (exact) mass is 1650 g/mol. The lowest BCUT2D eigenvalue weighted by Crippen LogP contribution is -2.23. The van der Waals surface area contributed by atoms with Crippen molar-refractivity contribution >= 4 is 76.3 Å². The Morgan fingerprint density at radius 1 is 0.383 bits per heavy atom.